The molecule has 7 heteroatoms. The van der Waals surface area contributed by atoms with Crippen LogP contribution in [0, 0.1) is 6.92 Å². The summed E-state index contributed by atoms with van der Waals surface area (Å²) < 4.78 is 1.60. The summed E-state index contributed by atoms with van der Waals surface area (Å²) >= 11 is 0. The van der Waals surface area contributed by atoms with E-state index in [0.717, 1.165) is 67.9 Å². The average Bonchev–Trinajstić information content (AvgIpc) is 3.61. The van der Waals surface area contributed by atoms with Crippen LogP contribution in [-0.4, -0.2) is 41.6 Å². The quantitative estimate of drug-likeness (QED) is 0.680. The van der Waals surface area contributed by atoms with E-state index in [1.54, 1.807) is 17.0 Å². The van der Waals surface area contributed by atoms with Crippen molar-refractivity contribution in [1.29, 1.82) is 0 Å². The number of nitrogens with two attached hydrogens (primary N) is 1. The average molecular weight is 418 g/mol. The highest BCUT2D eigenvalue weighted by atomic mass is 16.1. The molecule has 2 fully saturated rings. The highest BCUT2D eigenvalue weighted by molar-refractivity contribution is 5.96. The van der Waals surface area contributed by atoms with E-state index in [4.69, 9.17) is 5.73 Å². The number of hydrogen-bond donors (Lipinski definition) is 2. The molecule has 1 saturated heterocycles. The summed E-state index contributed by atoms with van der Waals surface area (Å²) in [5.74, 6) is -0.196. The number of fused-ring (bicyclic) bond motifs is 1. The first-order valence-corrected chi connectivity index (χ1v) is 11.0. The maximum absolute atomic E-state index is 13.6. The highest BCUT2D eigenvalue weighted by Crippen LogP contribution is 2.45. The first-order chi connectivity index (χ1) is 15.0. The van der Waals surface area contributed by atoms with Crippen molar-refractivity contribution in [3.8, 4) is 5.69 Å². The molecule has 2 aliphatic rings. The van der Waals surface area contributed by atoms with Crippen molar-refractivity contribution in [2.45, 2.75) is 32.1 Å². The molecule has 1 aliphatic carbocycles. The van der Waals surface area contributed by atoms with Crippen molar-refractivity contribution in [3.63, 3.8) is 0 Å². The Morgan fingerprint density at radius 2 is 2.00 bits per heavy atom. The maximum atomic E-state index is 13.6. The van der Waals surface area contributed by atoms with E-state index in [0.29, 0.717) is 16.5 Å². The summed E-state index contributed by atoms with van der Waals surface area (Å²) in [6, 6.07) is 9.55. The molecule has 160 valence electrons. The highest BCUT2D eigenvalue weighted by Gasteiger charge is 2.32. The van der Waals surface area contributed by atoms with Crippen LogP contribution >= 0.6 is 0 Å². The number of carbonyl (C=O) groups excluding carboxylic acids is 1. The van der Waals surface area contributed by atoms with Gasteiger partial charge in [0, 0.05) is 30.9 Å². The molecule has 1 aromatic heterocycles. The van der Waals surface area contributed by atoms with E-state index >= 15 is 0 Å². The van der Waals surface area contributed by atoms with Gasteiger partial charge >= 0.3 is 0 Å². The molecule has 0 spiro atoms. The molecular weight excluding hydrogens is 390 g/mol. The van der Waals surface area contributed by atoms with Gasteiger partial charge in [-0.15, -0.1) is 0 Å². The molecule has 3 N–H and O–H groups in total. The first kappa shape index (κ1) is 19.8. The van der Waals surface area contributed by atoms with Crippen molar-refractivity contribution in [1.82, 2.24) is 14.9 Å². The minimum atomic E-state index is -0.456. The zero-order valence-electron chi connectivity index (χ0n) is 17.7. The molecule has 0 bridgehead atoms. The number of nitrogens with one attached hydrogen (secondary N) is 1. The second-order valence-electron chi connectivity index (χ2n) is 8.54. The molecule has 2 aromatic carbocycles. The Morgan fingerprint density at radius 3 is 2.77 bits per heavy atom. The lowest BCUT2D eigenvalue weighted by Gasteiger charge is -2.23. The van der Waals surface area contributed by atoms with Gasteiger partial charge in [0.25, 0.3) is 5.56 Å². The van der Waals surface area contributed by atoms with Crippen LogP contribution in [0.15, 0.2) is 41.5 Å². The largest absolute Gasteiger partial charge is 0.370 e. The second-order valence-corrected chi connectivity index (χ2v) is 8.54. The van der Waals surface area contributed by atoms with E-state index in [1.165, 1.54) is 0 Å². The Hall–Kier alpha value is -3.19. The van der Waals surface area contributed by atoms with Crippen LogP contribution in [0.25, 0.3) is 16.6 Å². The number of primary amides is 1. The van der Waals surface area contributed by atoms with Crippen molar-refractivity contribution >= 4 is 22.5 Å². The van der Waals surface area contributed by atoms with Crippen LogP contribution in [0.4, 0.5) is 5.69 Å². The van der Waals surface area contributed by atoms with Gasteiger partial charge in [-0.25, -0.2) is 4.98 Å². The number of benzene rings is 2. The molecule has 0 radical (unpaired) electrons. The van der Waals surface area contributed by atoms with Gasteiger partial charge in [-0.05, 0) is 74.0 Å². The van der Waals surface area contributed by atoms with Crippen LogP contribution in [0.5, 0.6) is 0 Å². The summed E-state index contributed by atoms with van der Waals surface area (Å²) in [7, 11) is 0. The van der Waals surface area contributed by atoms with E-state index in [1.807, 2.05) is 31.2 Å². The number of rotatable bonds is 4. The minimum Gasteiger partial charge on any atom is -0.370 e. The zero-order valence-corrected chi connectivity index (χ0v) is 17.7. The summed E-state index contributed by atoms with van der Waals surface area (Å²) in [5, 5.41) is 4.00. The molecule has 3 aromatic rings. The van der Waals surface area contributed by atoms with Crippen molar-refractivity contribution in [2.75, 3.05) is 31.1 Å². The number of nitrogens with zero attached hydrogens (tertiary/aromatic N) is 3. The smallest absolute Gasteiger partial charge is 0.265 e. The normalized spacial score (nSPS) is 17.0. The van der Waals surface area contributed by atoms with Crippen LogP contribution in [0.2, 0.25) is 0 Å². The summed E-state index contributed by atoms with van der Waals surface area (Å²) in [4.78, 5) is 32.6. The number of aryl methyl sites for hydroxylation is 1. The lowest BCUT2D eigenvalue weighted by atomic mass is 9.96. The predicted molar refractivity (Wildman–Crippen MR) is 122 cm³/mol. The Balaban J connectivity index is 1.68. The molecule has 0 atom stereocenters. The molecule has 5 rings (SSSR count). The number of hydrogen-bond acceptors (Lipinski definition) is 5. The SMILES string of the molecule is Cc1ccc(C(N)=O)c(C2CC2)c1-n1cnc2ccc(N3CCCNCC3)cc2c1=O. The summed E-state index contributed by atoms with van der Waals surface area (Å²) in [6.07, 6.45) is 4.65. The number of anilines is 1. The lowest BCUT2D eigenvalue weighted by molar-refractivity contribution is 0.0999. The predicted octanol–water partition coefficient (Wildman–Crippen LogP) is 2.47. The molecular formula is C24H27N5O2. The van der Waals surface area contributed by atoms with Gasteiger partial charge in [0.2, 0.25) is 5.91 Å². The molecule has 2 heterocycles. The molecule has 31 heavy (non-hydrogen) atoms. The fourth-order valence-electron chi connectivity index (χ4n) is 4.61. The molecule has 1 saturated carbocycles. The molecule has 7 nitrogen and oxygen atoms in total. The van der Waals surface area contributed by atoms with E-state index in [-0.39, 0.29) is 11.5 Å². The van der Waals surface area contributed by atoms with Gasteiger partial charge in [0.15, 0.2) is 0 Å². The van der Waals surface area contributed by atoms with Crippen molar-refractivity contribution < 1.29 is 4.79 Å². The van der Waals surface area contributed by atoms with Gasteiger partial charge in [-0.2, -0.15) is 0 Å². The first-order valence-electron chi connectivity index (χ1n) is 11.0. The summed E-state index contributed by atoms with van der Waals surface area (Å²) in [5.41, 5.74) is 10.3. The number of aromatic nitrogens is 2. The van der Waals surface area contributed by atoms with Gasteiger partial charge < -0.3 is 16.0 Å². The van der Waals surface area contributed by atoms with Crippen LogP contribution < -0.4 is 21.5 Å². The standard InChI is InChI=1S/C24H27N5O2/c1-15-3-7-18(23(25)30)21(16-4-5-16)22(15)29-14-27-20-8-6-17(13-19(20)24(29)31)28-11-2-9-26-10-12-28/h3,6-8,13-14,16,26H,2,4-5,9-12H2,1H3,(H2,25,30). The summed E-state index contributed by atoms with van der Waals surface area (Å²) in [6.45, 7) is 5.77. The zero-order chi connectivity index (χ0) is 21.5. The van der Waals surface area contributed by atoms with Gasteiger partial charge in [-0.1, -0.05) is 6.07 Å². The fraction of sp³-hybridized carbons (Fsp3) is 0.375. The lowest BCUT2D eigenvalue weighted by Crippen LogP contribution is -2.28. The monoisotopic (exact) mass is 417 g/mol. The third-order valence-electron chi connectivity index (χ3n) is 6.36. The topological polar surface area (TPSA) is 93.2 Å². The van der Waals surface area contributed by atoms with Crippen LogP contribution in [0.1, 0.15) is 46.7 Å². The van der Waals surface area contributed by atoms with E-state index in [9.17, 15) is 9.59 Å². The van der Waals surface area contributed by atoms with E-state index < -0.39 is 5.91 Å². The Morgan fingerprint density at radius 1 is 1.16 bits per heavy atom. The van der Waals surface area contributed by atoms with E-state index in [2.05, 4.69) is 15.2 Å². The third-order valence-corrected chi connectivity index (χ3v) is 6.36. The molecule has 1 aliphatic heterocycles. The Bertz CT molecular complexity index is 1220. The maximum Gasteiger partial charge on any atom is 0.265 e. The van der Waals surface area contributed by atoms with Crippen molar-refractivity contribution in [2.24, 2.45) is 5.73 Å². The number of amides is 1. The molecule has 0 unspecified atom stereocenters. The van der Waals surface area contributed by atoms with Crippen molar-refractivity contribution in [3.05, 3.63) is 63.7 Å². The fourth-order valence-corrected chi connectivity index (χ4v) is 4.61. The molecule has 1 amide bonds. The van der Waals surface area contributed by atoms with Crippen LogP contribution in [0.3, 0.4) is 0 Å². The van der Waals surface area contributed by atoms with Crippen LogP contribution in [-0.2, 0) is 0 Å². The van der Waals surface area contributed by atoms with Gasteiger partial charge in [-0.3, -0.25) is 14.2 Å². The van der Waals surface area contributed by atoms with Gasteiger partial charge in [0.05, 0.1) is 16.6 Å². The Kier molecular flexibility index (Phi) is 4.98. The third kappa shape index (κ3) is 3.59. The number of carbonyl (C=O) groups is 1. The minimum absolute atomic E-state index is 0.119. The Labute approximate surface area is 180 Å². The van der Waals surface area contributed by atoms with Gasteiger partial charge in [0.1, 0.15) is 6.33 Å². The second kappa shape index (κ2) is 7.81.